The number of aromatic nitrogens is 4. The Bertz CT molecular complexity index is 2890. The van der Waals surface area contributed by atoms with Crippen LogP contribution in [-0.4, -0.2) is 34.0 Å². The predicted molar refractivity (Wildman–Crippen MR) is 242 cm³/mol. The number of imidazole rings is 2. The Morgan fingerprint density at radius 3 is 1.10 bits per heavy atom. The maximum absolute atomic E-state index is 5.50. The first-order valence-electron chi connectivity index (χ1n) is 19.8. The monoisotopic (exact) mass is 758 g/mol. The number of nitrogens with zero attached hydrogens (tertiary/aromatic N) is 6. The maximum Gasteiger partial charge on any atom is 0.429 e. The van der Waals surface area contributed by atoms with Gasteiger partial charge < -0.3 is 8.96 Å². The molecule has 58 heavy (non-hydrogen) atoms. The van der Waals surface area contributed by atoms with E-state index in [-0.39, 0.29) is 6.98 Å². The summed E-state index contributed by atoms with van der Waals surface area (Å²) in [7, 11) is -3.02. The average Bonchev–Trinajstić information content (AvgIpc) is 3.87. The van der Waals surface area contributed by atoms with Crippen LogP contribution in [0.1, 0.15) is 0 Å². The normalized spacial score (nSPS) is 13.1. The predicted octanol–water partition coefficient (Wildman–Crippen LogP) is 8.12. The Kier molecular flexibility index (Phi) is 7.24. The molecule has 6 nitrogen and oxygen atoms in total. The highest BCUT2D eigenvalue weighted by Crippen LogP contribution is 2.47. The van der Waals surface area contributed by atoms with Gasteiger partial charge in [-0.15, -0.1) is 0 Å². The fourth-order valence-corrected chi connectivity index (χ4v) is 14.4. The van der Waals surface area contributed by atoms with Crippen molar-refractivity contribution in [1.29, 1.82) is 0 Å². The second-order valence-corrected chi connectivity index (χ2v) is 18.8. The summed E-state index contributed by atoms with van der Waals surface area (Å²) in [5.74, 6) is 1.74. The lowest BCUT2D eigenvalue weighted by atomic mass is 9.62. The Hall–Kier alpha value is -7.42. The molecule has 0 spiro atoms. The van der Waals surface area contributed by atoms with E-state index in [1.165, 1.54) is 26.2 Å². The van der Waals surface area contributed by atoms with Crippen LogP contribution in [0.15, 0.2) is 212 Å². The van der Waals surface area contributed by atoms with Gasteiger partial charge in [0.15, 0.2) is 8.07 Å². The molecule has 0 bridgehead atoms. The molecule has 0 unspecified atom stereocenters. The molecule has 0 saturated carbocycles. The van der Waals surface area contributed by atoms with E-state index in [0.29, 0.717) is 0 Å². The Morgan fingerprint density at radius 2 is 0.707 bits per heavy atom. The molecular weight excluding hydrogens is 723 g/mol. The molecule has 0 radical (unpaired) electrons. The molecule has 0 fully saturated rings. The van der Waals surface area contributed by atoms with Gasteiger partial charge >= 0.3 is 6.98 Å². The molecular formula is C50H35BN6Si. The van der Waals surface area contributed by atoms with Crippen LogP contribution in [-0.2, 0) is 0 Å². The summed E-state index contributed by atoms with van der Waals surface area (Å²) in [6, 6.07) is 77.1. The van der Waals surface area contributed by atoms with Gasteiger partial charge in [0.2, 0.25) is 11.9 Å². The molecule has 2 aliphatic heterocycles. The van der Waals surface area contributed by atoms with Gasteiger partial charge in [-0.2, -0.15) is 0 Å². The molecule has 0 amide bonds. The zero-order valence-electron chi connectivity index (χ0n) is 31.5. The number of rotatable bonds is 6. The number of anilines is 6. The van der Waals surface area contributed by atoms with Crippen LogP contribution in [0.4, 0.5) is 34.6 Å². The highest BCUT2D eigenvalue weighted by molar-refractivity contribution is 7.20. The van der Waals surface area contributed by atoms with Crippen molar-refractivity contribution in [2.75, 3.05) is 9.80 Å². The highest BCUT2D eigenvalue weighted by atomic mass is 28.3. The molecule has 8 heteroatoms. The summed E-state index contributed by atoms with van der Waals surface area (Å²) in [6.45, 7) is -0.273. The van der Waals surface area contributed by atoms with Crippen molar-refractivity contribution in [1.82, 2.24) is 18.9 Å². The largest absolute Gasteiger partial charge is 0.429 e. The summed E-state index contributed by atoms with van der Waals surface area (Å²) in [5.41, 5.74) is 9.56. The quantitative estimate of drug-likeness (QED) is 0.127. The van der Waals surface area contributed by atoms with E-state index in [4.69, 9.17) is 9.97 Å². The fraction of sp³-hybridized carbons (Fsp3) is 0. The van der Waals surface area contributed by atoms with Gasteiger partial charge in [-0.05, 0) is 81.4 Å². The molecule has 8 aromatic carbocycles. The molecule has 12 rings (SSSR count). The summed E-state index contributed by atoms with van der Waals surface area (Å²) >= 11 is 0. The first-order chi connectivity index (χ1) is 28.8. The van der Waals surface area contributed by atoms with Gasteiger partial charge in [-0.3, -0.25) is 9.80 Å². The van der Waals surface area contributed by atoms with E-state index >= 15 is 0 Å². The lowest BCUT2D eigenvalue weighted by Gasteiger charge is -2.44. The van der Waals surface area contributed by atoms with Gasteiger partial charge in [0.05, 0.1) is 22.1 Å². The van der Waals surface area contributed by atoms with Crippen LogP contribution in [0.5, 0.6) is 0 Å². The second kappa shape index (κ2) is 12.8. The van der Waals surface area contributed by atoms with E-state index in [9.17, 15) is 0 Å². The van der Waals surface area contributed by atoms with Crippen LogP contribution in [0, 0.1) is 0 Å². The number of hydrogen-bond acceptors (Lipinski definition) is 4. The van der Waals surface area contributed by atoms with Crippen LogP contribution in [0.2, 0.25) is 0 Å². The van der Waals surface area contributed by atoms with Gasteiger partial charge in [0.1, 0.15) is 0 Å². The molecule has 2 aromatic heterocycles. The minimum Gasteiger partial charge on any atom is -0.329 e. The molecule has 0 saturated heterocycles. The SMILES string of the molecule is c1ccc(N2c3cc([Si](c4ccccc4)(c4ccccc4)c4ccccc4)cc4c3B(n3c2nc2ccccc23)n2c(nc3ccccc32)N4c2ccccc2)cc1. The number of hydrogen-bond donors (Lipinski definition) is 0. The van der Waals surface area contributed by atoms with Crippen molar-refractivity contribution < 1.29 is 0 Å². The summed E-state index contributed by atoms with van der Waals surface area (Å²) < 4.78 is 4.87. The zero-order chi connectivity index (χ0) is 38.2. The van der Waals surface area contributed by atoms with Gasteiger partial charge in [0.25, 0.3) is 0 Å². The van der Waals surface area contributed by atoms with E-state index in [0.717, 1.165) is 56.7 Å². The lowest BCUT2D eigenvalue weighted by Crippen LogP contribution is -2.75. The van der Waals surface area contributed by atoms with Crippen molar-refractivity contribution in [2.24, 2.45) is 0 Å². The molecule has 10 aromatic rings. The molecule has 4 heterocycles. The second-order valence-electron chi connectivity index (χ2n) is 15.0. The molecule has 272 valence electrons. The van der Waals surface area contributed by atoms with Crippen molar-refractivity contribution in [3.8, 4) is 0 Å². The van der Waals surface area contributed by atoms with Crippen LogP contribution in [0.25, 0.3) is 22.1 Å². The Morgan fingerprint density at radius 1 is 0.362 bits per heavy atom. The molecule has 0 atom stereocenters. The number of benzene rings is 8. The third kappa shape index (κ3) is 4.60. The van der Waals surface area contributed by atoms with Crippen LogP contribution in [0.3, 0.4) is 0 Å². The molecule has 0 aliphatic carbocycles. The Balaban J connectivity index is 1.30. The van der Waals surface area contributed by atoms with E-state index in [1.807, 2.05) is 0 Å². The number of para-hydroxylation sites is 6. The summed E-state index contributed by atoms with van der Waals surface area (Å²) in [4.78, 5) is 15.8. The van der Waals surface area contributed by atoms with E-state index < -0.39 is 8.07 Å². The molecule has 2 aliphatic rings. The summed E-state index contributed by atoms with van der Waals surface area (Å²) in [5, 5.41) is 5.23. The Labute approximate surface area is 337 Å². The van der Waals surface area contributed by atoms with Crippen LogP contribution < -0.4 is 36.0 Å². The van der Waals surface area contributed by atoms with Gasteiger partial charge in [-0.25, -0.2) is 9.97 Å². The van der Waals surface area contributed by atoms with Crippen molar-refractivity contribution in [3.63, 3.8) is 0 Å². The first kappa shape index (κ1) is 32.8. The average molecular weight is 759 g/mol. The summed E-state index contributed by atoms with van der Waals surface area (Å²) in [6.07, 6.45) is 0. The van der Waals surface area contributed by atoms with Gasteiger partial charge in [0, 0.05) is 28.2 Å². The third-order valence-corrected chi connectivity index (χ3v) is 16.8. The minimum absolute atomic E-state index is 0.273. The fourth-order valence-electron chi connectivity index (χ4n) is 9.65. The van der Waals surface area contributed by atoms with Crippen molar-refractivity contribution >= 4 is 98.0 Å². The third-order valence-electron chi connectivity index (χ3n) is 12.0. The van der Waals surface area contributed by atoms with Gasteiger partial charge in [-0.1, -0.05) is 152 Å². The van der Waals surface area contributed by atoms with E-state index in [1.54, 1.807) is 0 Å². The maximum atomic E-state index is 5.50. The smallest absolute Gasteiger partial charge is 0.329 e. The van der Waals surface area contributed by atoms with E-state index in [2.05, 4.69) is 231 Å². The first-order valence-corrected chi connectivity index (χ1v) is 21.8. The van der Waals surface area contributed by atoms with Crippen molar-refractivity contribution in [3.05, 3.63) is 212 Å². The topological polar surface area (TPSA) is 42.1 Å². The lowest BCUT2D eigenvalue weighted by molar-refractivity contribution is 0.999. The zero-order valence-corrected chi connectivity index (χ0v) is 32.5. The molecule has 0 N–H and O–H groups in total. The number of fused-ring (bicyclic) bond motifs is 8. The van der Waals surface area contributed by atoms with Crippen LogP contribution >= 0.6 is 0 Å². The standard InChI is InChI=1S/C50H35BN6Si/c1-6-20-36(21-7-1)54-46-34-41(58(38-24-10-3-11-25-38,39-26-12-4-13-27-39)40-28-14-5-15-29-40)35-47-48(46)51(56-44-32-18-16-30-42(44)52-49(54)56)57-45-33-19-17-31-43(45)53-50(57)55(47)37-22-8-2-9-23-37/h1-35H. The highest BCUT2D eigenvalue weighted by Gasteiger charge is 2.50. The minimum atomic E-state index is -3.02. The van der Waals surface area contributed by atoms with Crippen molar-refractivity contribution in [2.45, 2.75) is 0 Å².